The van der Waals surface area contributed by atoms with Crippen LogP contribution >= 0.6 is 11.3 Å². The maximum atomic E-state index is 14.1. The summed E-state index contributed by atoms with van der Waals surface area (Å²) in [6.07, 6.45) is 2.18. The molecule has 0 aliphatic carbocycles. The number of fused-ring (bicyclic) bond motifs is 1. The molecule has 1 aromatic carbocycles. The average Bonchev–Trinajstić information content (AvgIpc) is 3.48. The second-order valence-electron chi connectivity index (χ2n) is 7.90. The number of hydrogen-bond acceptors (Lipinski definition) is 5. The zero-order valence-electron chi connectivity index (χ0n) is 18.0. The molecule has 32 heavy (non-hydrogen) atoms. The van der Waals surface area contributed by atoms with Gasteiger partial charge in [-0.1, -0.05) is 12.1 Å². The summed E-state index contributed by atoms with van der Waals surface area (Å²) < 4.78 is 25.1. The number of carbonyl (C=O) groups excluding carboxylic acids is 2. The summed E-state index contributed by atoms with van der Waals surface area (Å²) in [6, 6.07) is 10.9. The number of ether oxygens (including phenoxy) is 1. The molecule has 6 nitrogen and oxygen atoms in total. The van der Waals surface area contributed by atoms with Crippen molar-refractivity contribution in [3.8, 4) is 5.75 Å². The summed E-state index contributed by atoms with van der Waals surface area (Å²) in [5, 5.41) is 2.00. The predicted molar refractivity (Wildman–Crippen MR) is 119 cm³/mol. The van der Waals surface area contributed by atoms with E-state index in [1.54, 1.807) is 46.6 Å². The minimum Gasteiger partial charge on any atom is -0.488 e. The van der Waals surface area contributed by atoms with E-state index in [2.05, 4.69) is 0 Å². The Morgan fingerprint density at radius 2 is 2.06 bits per heavy atom. The van der Waals surface area contributed by atoms with Gasteiger partial charge in [-0.05, 0) is 61.5 Å². The molecule has 1 atom stereocenters. The van der Waals surface area contributed by atoms with E-state index in [-0.39, 0.29) is 48.6 Å². The standard InChI is InChI=1S/C24H25FN2O4S/c1-16(2)27(24(29)21-8-5-12-30-21)14-23(28)26-11-9-22-17(10-13-32-22)19(26)15-31-20-7-4-3-6-18(20)25/h3-8,10,12-13,16,19H,9,11,14-15H2,1-2H3/t19-/m0/s1. The molecule has 0 fully saturated rings. The maximum Gasteiger partial charge on any atom is 0.290 e. The van der Waals surface area contributed by atoms with Crippen molar-refractivity contribution in [2.45, 2.75) is 32.4 Å². The first-order chi connectivity index (χ1) is 15.5. The first-order valence-electron chi connectivity index (χ1n) is 10.5. The fourth-order valence-corrected chi connectivity index (χ4v) is 4.80. The van der Waals surface area contributed by atoms with Crippen LogP contribution in [0.3, 0.4) is 0 Å². The van der Waals surface area contributed by atoms with Crippen LogP contribution in [0.4, 0.5) is 4.39 Å². The summed E-state index contributed by atoms with van der Waals surface area (Å²) in [4.78, 5) is 30.7. The molecule has 0 spiro atoms. The predicted octanol–water partition coefficient (Wildman–Crippen LogP) is 4.54. The summed E-state index contributed by atoms with van der Waals surface area (Å²) in [6.45, 7) is 4.29. The van der Waals surface area contributed by atoms with Gasteiger partial charge in [-0.3, -0.25) is 9.59 Å². The summed E-state index contributed by atoms with van der Waals surface area (Å²) in [5.41, 5.74) is 1.01. The third-order valence-corrected chi connectivity index (χ3v) is 6.57. The highest BCUT2D eigenvalue weighted by atomic mass is 32.1. The van der Waals surface area contributed by atoms with Gasteiger partial charge in [0, 0.05) is 17.5 Å². The SMILES string of the molecule is CC(C)N(CC(=O)N1CCc2sccc2[C@@H]1COc1ccccc1F)C(=O)c1ccco1. The minimum atomic E-state index is -0.443. The van der Waals surface area contributed by atoms with Gasteiger partial charge in [-0.2, -0.15) is 0 Å². The average molecular weight is 457 g/mol. The van der Waals surface area contributed by atoms with Crippen molar-refractivity contribution in [2.75, 3.05) is 19.7 Å². The van der Waals surface area contributed by atoms with Gasteiger partial charge in [0.05, 0.1) is 12.3 Å². The van der Waals surface area contributed by atoms with Gasteiger partial charge in [0.15, 0.2) is 17.3 Å². The van der Waals surface area contributed by atoms with Crippen LogP contribution in [0.15, 0.2) is 58.5 Å². The number of para-hydroxylation sites is 1. The molecule has 168 valence electrons. The van der Waals surface area contributed by atoms with E-state index < -0.39 is 5.82 Å². The zero-order valence-corrected chi connectivity index (χ0v) is 18.8. The molecule has 0 saturated heterocycles. The number of furan rings is 1. The molecule has 1 aliphatic rings. The quantitative estimate of drug-likeness (QED) is 0.524. The van der Waals surface area contributed by atoms with E-state index in [9.17, 15) is 14.0 Å². The third kappa shape index (κ3) is 4.55. The van der Waals surface area contributed by atoms with Crippen molar-refractivity contribution >= 4 is 23.2 Å². The van der Waals surface area contributed by atoms with E-state index in [0.29, 0.717) is 6.54 Å². The van der Waals surface area contributed by atoms with Gasteiger partial charge < -0.3 is 19.0 Å². The molecule has 3 heterocycles. The monoisotopic (exact) mass is 456 g/mol. The molecule has 0 bridgehead atoms. The van der Waals surface area contributed by atoms with Crippen LogP contribution in [0.1, 0.15) is 40.9 Å². The molecule has 0 radical (unpaired) electrons. The van der Waals surface area contributed by atoms with E-state index in [1.165, 1.54) is 22.1 Å². The highest BCUT2D eigenvalue weighted by molar-refractivity contribution is 7.10. The summed E-state index contributed by atoms with van der Waals surface area (Å²) in [7, 11) is 0. The lowest BCUT2D eigenvalue weighted by molar-refractivity contribution is -0.136. The molecule has 0 N–H and O–H groups in total. The van der Waals surface area contributed by atoms with Crippen LogP contribution < -0.4 is 4.74 Å². The molecule has 3 aromatic rings. The second kappa shape index (κ2) is 9.56. The maximum absolute atomic E-state index is 14.1. The molecule has 0 saturated carbocycles. The molecular weight excluding hydrogens is 431 g/mol. The van der Waals surface area contributed by atoms with Crippen molar-refractivity contribution in [1.29, 1.82) is 0 Å². The van der Waals surface area contributed by atoms with Crippen LogP contribution in [-0.2, 0) is 11.2 Å². The Labute approximate surface area is 190 Å². The van der Waals surface area contributed by atoms with Gasteiger partial charge in [-0.25, -0.2) is 4.39 Å². The lowest BCUT2D eigenvalue weighted by atomic mass is 10.00. The Morgan fingerprint density at radius 1 is 1.25 bits per heavy atom. The highest BCUT2D eigenvalue weighted by Gasteiger charge is 2.34. The lowest BCUT2D eigenvalue weighted by Gasteiger charge is -2.37. The fourth-order valence-electron chi connectivity index (χ4n) is 3.87. The van der Waals surface area contributed by atoms with Crippen LogP contribution in [-0.4, -0.2) is 47.4 Å². The normalized spacial score (nSPS) is 15.5. The number of benzene rings is 1. The number of nitrogens with zero attached hydrogens (tertiary/aromatic N) is 2. The van der Waals surface area contributed by atoms with Gasteiger partial charge in [0.1, 0.15) is 13.2 Å². The van der Waals surface area contributed by atoms with Crippen molar-refractivity contribution in [2.24, 2.45) is 0 Å². The number of halogens is 1. The third-order valence-electron chi connectivity index (χ3n) is 5.57. The largest absolute Gasteiger partial charge is 0.488 e. The van der Waals surface area contributed by atoms with E-state index in [1.807, 2.05) is 25.3 Å². The molecular formula is C24H25FN2O4S. The van der Waals surface area contributed by atoms with Gasteiger partial charge in [0.2, 0.25) is 5.91 Å². The van der Waals surface area contributed by atoms with Crippen LogP contribution in [0, 0.1) is 5.82 Å². The van der Waals surface area contributed by atoms with Gasteiger partial charge >= 0.3 is 0 Å². The second-order valence-corrected chi connectivity index (χ2v) is 8.90. The highest BCUT2D eigenvalue weighted by Crippen LogP contribution is 2.34. The Balaban J connectivity index is 1.53. The van der Waals surface area contributed by atoms with E-state index in [0.717, 1.165) is 12.0 Å². The van der Waals surface area contributed by atoms with E-state index >= 15 is 0 Å². The Kier molecular flexibility index (Phi) is 6.60. The number of carbonyl (C=O) groups is 2. The smallest absolute Gasteiger partial charge is 0.290 e. The molecule has 0 unspecified atom stereocenters. The molecule has 8 heteroatoms. The number of hydrogen-bond donors (Lipinski definition) is 0. The summed E-state index contributed by atoms with van der Waals surface area (Å²) in [5.74, 6) is -0.603. The zero-order chi connectivity index (χ0) is 22.7. The number of rotatable bonds is 7. The Morgan fingerprint density at radius 3 is 2.78 bits per heavy atom. The topological polar surface area (TPSA) is 63.0 Å². The van der Waals surface area contributed by atoms with Gasteiger partial charge in [-0.15, -0.1) is 11.3 Å². The van der Waals surface area contributed by atoms with Crippen LogP contribution in [0.25, 0.3) is 0 Å². The molecule has 2 aromatic heterocycles. The van der Waals surface area contributed by atoms with E-state index in [4.69, 9.17) is 9.15 Å². The van der Waals surface area contributed by atoms with Crippen molar-refractivity contribution in [3.63, 3.8) is 0 Å². The first-order valence-corrected chi connectivity index (χ1v) is 11.4. The van der Waals surface area contributed by atoms with Crippen LogP contribution in [0.2, 0.25) is 0 Å². The number of amides is 2. The fraction of sp³-hybridized carbons (Fsp3) is 0.333. The Bertz CT molecular complexity index is 1080. The molecule has 4 rings (SSSR count). The molecule has 1 aliphatic heterocycles. The minimum absolute atomic E-state index is 0.0765. The van der Waals surface area contributed by atoms with Crippen molar-refractivity contribution in [1.82, 2.24) is 9.80 Å². The van der Waals surface area contributed by atoms with Gasteiger partial charge in [0.25, 0.3) is 5.91 Å². The first kappa shape index (κ1) is 22.1. The van der Waals surface area contributed by atoms with Crippen molar-refractivity contribution < 1.29 is 23.1 Å². The molecule has 2 amide bonds. The van der Waals surface area contributed by atoms with Crippen molar-refractivity contribution in [3.05, 3.63) is 76.1 Å². The van der Waals surface area contributed by atoms with Crippen LogP contribution in [0.5, 0.6) is 5.75 Å². The Hall–Kier alpha value is -3.13. The summed E-state index contributed by atoms with van der Waals surface area (Å²) >= 11 is 1.65. The lowest BCUT2D eigenvalue weighted by Crippen LogP contribution is -2.49. The number of thiophene rings is 1.